The zero-order valence-electron chi connectivity index (χ0n) is 6.70. The summed E-state index contributed by atoms with van der Waals surface area (Å²) in [7, 11) is 0. The van der Waals surface area contributed by atoms with E-state index >= 15 is 0 Å². The van der Waals surface area contributed by atoms with Crippen molar-refractivity contribution in [3.05, 3.63) is 41.7 Å². The van der Waals surface area contributed by atoms with Crippen LogP contribution >= 0.6 is 23.4 Å². The molecule has 0 radical (unpaired) electrons. The van der Waals surface area contributed by atoms with Crippen molar-refractivity contribution in [2.75, 3.05) is 0 Å². The highest BCUT2D eigenvalue weighted by molar-refractivity contribution is 7.99. The van der Waals surface area contributed by atoms with Crippen molar-refractivity contribution in [1.29, 1.82) is 0 Å². The van der Waals surface area contributed by atoms with Crippen LogP contribution in [-0.4, -0.2) is 9.97 Å². The molecular weight excluding hydrogens is 204 g/mol. The van der Waals surface area contributed by atoms with Crippen LogP contribution in [-0.2, 0) is 0 Å². The largest absolute Gasteiger partial charge is 0.339 e. The maximum absolute atomic E-state index is 5.98. The van der Waals surface area contributed by atoms with E-state index in [1.165, 1.54) is 11.8 Å². The first-order valence-corrected chi connectivity index (χ1v) is 4.97. The molecule has 0 aliphatic heterocycles. The lowest BCUT2D eigenvalue weighted by atomic mass is 10.4. The number of aromatic nitrogens is 2. The maximum atomic E-state index is 5.98. The fraction of sp³-hybridized carbons (Fsp3) is 0. The standard InChI is InChI=1S/C9H7ClN2S/c10-7-3-1-2-4-8(7)13-9-11-5-6-12-9/h1-6H,(H,11,12). The summed E-state index contributed by atoms with van der Waals surface area (Å²) in [4.78, 5) is 8.12. The van der Waals surface area contributed by atoms with Gasteiger partial charge in [-0.05, 0) is 12.1 Å². The van der Waals surface area contributed by atoms with Gasteiger partial charge in [-0.3, -0.25) is 0 Å². The molecule has 2 nitrogen and oxygen atoms in total. The van der Waals surface area contributed by atoms with Crippen molar-refractivity contribution in [2.24, 2.45) is 0 Å². The highest BCUT2D eigenvalue weighted by Crippen LogP contribution is 2.30. The van der Waals surface area contributed by atoms with Gasteiger partial charge in [-0.1, -0.05) is 35.5 Å². The monoisotopic (exact) mass is 210 g/mol. The number of nitrogens with zero attached hydrogens (tertiary/aromatic N) is 1. The number of nitrogens with one attached hydrogen (secondary N) is 1. The van der Waals surface area contributed by atoms with Crippen LogP contribution in [0.25, 0.3) is 0 Å². The number of hydrogen-bond acceptors (Lipinski definition) is 2. The first-order chi connectivity index (χ1) is 6.36. The molecule has 1 aromatic heterocycles. The molecule has 66 valence electrons. The Labute approximate surface area is 85.3 Å². The molecule has 2 rings (SSSR count). The average Bonchev–Trinajstić information content (AvgIpc) is 2.61. The third-order valence-electron chi connectivity index (χ3n) is 1.52. The Morgan fingerprint density at radius 1 is 1.31 bits per heavy atom. The Bertz CT molecular complexity index is 386. The number of benzene rings is 1. The predicted octanol–water partition coefficient (Wildman–Crippen LogP) is 3.21. The molecule has 2 aromatic rings. The second-order valence-electron chi connectivity index (χ2n) is 2.43. The molecule has 1 aromatic carbocycles. The molecule has 0 bridgehead atoms. The van der Waals surface area contributed by atoms with Gasteiger partial charge in [-0.25, -0.2) is 4.98 Å². The van der Waals surface area contributed by atoms with Crippen molar-refractivity contribution in [2.45, 2.75) is 10.1 Å². The maximum Gasteiger partial charge on any atom is 0.170 e. The Balaban J connectivity index is 2.24. The van der Waals surface area contributed by atoms with Crippen molar-refractivity contribution in [3.8, 4) is 0 Å². The molecule has 0 amide bonds. The van der Waals surface area contributed by atoms with Crippen LogP contribution < -0.4 is 0 Å². The zero-order valence-corrected chi connectivity index (χ0v) is 8.27. The molecule has 0 saturated heterocycles. The molecule has 0 spiro atoms. The molecule has 0 unspecified atom stereocenters. The van der Waals surface area contributed by atoms with Crippen LogP contribution in [0.15, 0.2) is 46.7 Å². The average molecular weight is 211 g/mol. The molecule has 13 heavy (non-hydrogen) atoms. The van der Waals surface area contributed by atoms with Gasteiger partial charge in [0.15, 0.2) is 5.16 Å². The summed E-state index contributed by atoms with van der Waals surface area (Å²) < 4.78 is 0. The lowest BCUT2D eigenvalue weighted by Gasteiger charge is -1.99. The summed E-state index contributed by atoms with van der Waals surface area (Å²) in [6.07, 6.45) is 3.51. The SMILES string of the molecule is Clc1ccccc1Sc1ncc[nH]1. The molecule has 0 fully saturated rings. The van der Waals surface area contributed by atoms with Gasteiger partial charge in [0, 0.05) is 17.3 Å². The third-order valence-corrected chi connectivity index (χ3v) is 2.95. The molecule has 0 atom stereocenters. The van der Waals surface area contributed by atoms with E-state index in [1.54, 1.807) is 12.4 Å². The van der Waals surface area contributed by atoms with Gasteiger partial charge in [-0.15, -0.1) is 0 Å². The first kappa shape index (κ1) is 8.66. The van der Waals surface area contributed by atoms with E-state index in [2.05, 4.69) is 9.97 Å². The Hall–Kier alpha value is -0.930. The van der Waals surface area contributed by atoms with E-state index in [-0.39, 0.29) is 0 Å². The topological polar surface area (TPSA) is 28.7 Å². The second-order valence-corrected chi connectivity index (χ2v) is 3.86. The highest BCUT2D eigenvalue weighted by atomic mass is 35.5. The van der Waals surface area contributed by atoms with E-state index < -0.39 is 0 Å². The van der Waals surface area contributed by atoms with E-state index in [1.807, 2.05) is 24.3 Å². The number of imidazole rings is 1. The van der Waals surface area contributed by atoms with Crippen LogP contribution in [0.1, 0.15) is 0 Å². The summed E-state index contributed by atoms with van der Waals surface area (Å²) in [6, 6.07) is 7.70. The van der Waals surface area contributed by atoms with Crippen molar-refractivity contribution in [1.82, 2.24) is 9.97 Å². The summed E-state index contributed by atoms with van der Waals surface area (Å²) in [6.45, 7) is 0. The zero-order chi connectivity index (χ0) is 9.10. The van der Waals surface area contributed by atoms with Gasteiger partial charge < -0.3 is 4.98 Å². The molecular formula is C9H7ClN2S. The summed E-state index contributed by atoms with van der Waals surface area (Å²) in [5.41, 5.74) is 0. The predicted molar refractivity (Wildman–Crippen MR) is 54.2 cm³/mol. The summed E-state index contributed by atoms with van der Waals surface area (Å²) in [5.74, 6) is 0. The van der Waals surface area contributed by atoms with Gasteiger partial charge in [0.2, 0.25) is 0 Å². The molecule has 4 heteroatoms. The van der Waals surface area contributed by atoms with Gasteiger partial charge in [0.1, 0.15) is 0 Å². The van der Waals surface area contributed by atoms with Gasteiger partial charge in [0.05, 0.1) is 5.02 Å². The van der Waals surface area contributed by atoms with Crippen LogP contribution in [0.4, 0.5) is 0 Å². The molecule has 0 saturated carbocycles. The molecule has 0 aliphatic carbocycles. The third kappa shape index (κ3) is 2.05. The number of hydrogen-bond donors (Lipinski definition) is 1. The van der Waals surface area contributed by atoms with Gasteiger partial charge in [0.25, 0.3) is 0 Å². The van der Waals surface area contributed by atoms with E-state index in [0.29, 0.717) is 0 Å². The van der Waals surface area contributed by atoms with Crippen LogP contribution in [0, 0.1) is 0 Å². The van der Waals surface area contributed by atoms with Crippen LogP contribution in [0.3, 0.4) is 0 Å². The van der Waals surface area contributed by atoms with Crippen LogP contribution in [0.2, 0.25) is 5.02 Å². The fourth-order valence-corrected chi connectivity index (χ4v) is 1.95. The highest BCUT2D eigenvalue weighted by Gasteiger charge is 2.02. The number of H-pyrrole nitrogens is 1. The number of aromatic amines is 1. The van der Waals surface area contributed by atoms with Gasteiger partial charge in [-0.2, -0.15) is 0 Å². The normalized spacial score (nSPS) is 10.2. The minimum Gasteiger partial charge on any atom is -0.339 e. The minimum absolute atomic E-state index is 0.754. The lowest BCUT2D eigenvalue weighted by Crippen LogP contribution is -1.76. The van der Waals surface area contributed by atoms with E-state index in [0.717, 1.165) is 15.1 Å². The summed E-state index contributed by atoms with van der Waals surface area (Å²) in [5, 5.41) is 1.61. The Morgan fingerprint density at radius 2 is 2.15 bits per heavy atom. The molecule has 1 heterocycles. The Morgan fingerprint density at radius 3 is 2.85 bits per heavy atom. The summed E-state index contributed by atoms with van der Waals surface area (Å²) >= 11 is 7.50. The fourth-order valence-electron chi connectivity index (χ4n) is 0.938. The van der Waals surface area contributed by atoms with Crippen molar-refractivity contribution in [3.63, 3.8) is 0 Å². The van der Waals surface area contributed by atoms with E-state index in [9.17, 15) is 0 Å². The van der Waals surface area contributed by atoms with Crippen LogP contribution in [0.5, 0.6) is 0 Å². The number of rotatable bonds is 2. The molecule has 0 aliphatic rings. The second kappa shape index (κ2) is 3.85. The number of halogens is 1. The molecule has 1 N–H and O–H groups in total. The van der Waals surface area contributed by atoms with Crippen molar-refractivity contribution >= 4 is 23.4 Å². The Kier molecular flexibility index (Phi) is 2.57. The lowest BCUT2D eigenvalue weighted by molar-refractivity contribution is 1.06. The smallest absolute Gasteiger partial charge is 0.170 e. The van der Waals surface area contributed by atoms with Gasteiger partial charge >= 0.3 is 0 Å². The minimum atomic E-state index is 0.754. The van der Waals surface area contributed by atoms with E-state index in [4.69, 9.17) is 11.6 Å². The first-order valence-electron chi connectivity index (χ1n) is 3.78. The van der Waals surface area contributed by atoms with Crippen molar-refractivity contribution < 1.29 is 0 Å². The quantitative estimate of drug-likeness (QED) is 0.825.